The Morgan fingerprint density at radius 3 is 2.68 bits per heavy atom. The second kappa shape index (κ2) is 6.65. The van der Waals surface area contributed by atoms with Crippen LogP contribution in [0.25, 0.3) is 0 Å². The fourth-order valence-electron chi connectivity index (χ4n) is 3.53. The van der Waals surface area contributed by atoms with E-state index in [1.54, 1.807) is 11.1 Å². The van der Waals surface area contributed by atoms with E-state index >= 15 is 0 Å². The third-order valence-corrected chi connectivity index (χ3v) is 4.90. The van der Waals surface area contributed by atoms with Gasteiger partial charge in [-0.3, -0.25) is 4.79 Å². The molecule has 2 aliphatic rings. The van der Waals surface area contributed by atoms with Gasteiger partial charge < -0.3 is 14.9 Å². The van der Waals surface area contributed by atoms with E-state index in [0.29, 0.717) is 12.1 Å². The molecule has 1 N–H and O–H groups in total. The number of nitrogens with zero attached hydrogens (tertiary/aromatic N) is 3. The maximum Gasteiger partial charge on any atom is 0.255 e. The van der Waals surface area contributed by atoms with Gasteiger partial charge in [0.25, 0.3) is 5.91 Å². The monoisotopic (exact) mass is 303 g/mol. The van der Waals surface area contributed by atoms with E-state index in [2.05, 4.69) is 9.88 Å². The summed E-state index contributed by atoms with van der Waals surface area (Å²) in [6.45, 7) is 2.73. The van der Waals surface area contributed by atoms with E-state index in [1.165, 1.54) is 12.8 Å². The van der Waals surface area contributed by atoms with Crippen molar-refractivity contribution in [3.05, 3.63) is 23.9 Å². The maximum atomic E-state index is 12.5. The Labute approximate surface area is 131 Å². The first-order valence-corrected chi connectivity index (χ1v) is 8.29. The number of aliphatic hydroxyl groups excluding tert-OH is 1. The number of carbonyl (C=O) groups excluding carboxylic acids is 1. The van der Waals surface area contributed by atoms with Gasteiger partial charge in [-0.15, -0.1) is 0 Å². The number of aromatic nitrogens is 1. The molecule has 22 heavy (non-hydrogen) atoms. The number of pyridine rings is 1. The number of aliphatic hydroxyl groups is 1. The van der Waals surface area contributed by atoms with E-state index < -0.39 is 0 Å². The Morgan fingerprint density at radius 2 is 2.09 bits per heavy atom. The van der Waals surface area contributed by atoms with Gasteiger partial charge in [-0.25, -0.2) is 4.98 Å². The molecule has 1 aromatic heterocycles. The highest BCUT2D eigenvalue weighted by Gasteiger charge is 2.27. The summed E-state index contributed by atoms with van der Waals surface area (Å²) in [6.07, 6.45) is 6.77. The molecule has 2 atom stereocenters. The summed E-state index contributed by atoms with van der Waals surface area (Å²) in [6, 6.07) is 3.81. The molecule has 0 spiro atoms. The van der Waals surface area contributed by atoms with Gasteiger partial charge in [-0.05, 0) is 37.8 Å². The largest absolute Gasteiger partial charge is 0.393 e. The van der Waals surface area contributed by atoms with Crippen molar-refractivity contribution in [3.8, 4) is 0 Å². The zero-order valence-electron chi connectivity index (χ0n) is 13.2. The van der Waals surface area contributed by atoms with Gasteiger partial charge in [-0.1, -0.05) is 6.42 Å². The van der Waals surface area contributed by atoms with Crippen LogP contribution in [0.3, 0.4) is 0 Å². The molecule has 1 saturated carbocycles. The second-order valence-corrected chi connectivity index (χ2v) is 6.54. The van der Waals surface area contributed by atoms with Crippen molar-refractivity contribution in [1.82, 2.24) is 9.88 Å². The molecule has 2 fully saturated rings. The Hall–Kier alpha value is -1.62. The van der Waals surface area contributed by atoms with Crippen LogP contribution in [0.15, 0.2) is 18.3 Å². The summed E-state index contributed by atoms with van der Waals surface area (Å²) in [5, 5.41) is 9.89. The molecule has 0 bridgehead atoms. The highest BCUT2D eigenvalue weighted by Crippen LogP contribution is 2.26. The molecule has 1 saturated heterocycles. The quantitative estimate of drug-likeness (QED) is 0.923. The molecule has 2 heterocycles. The SMILES string of the molecule is CN(CC1CCCC1O)C(=O)c1ccc(N2CCCC2)nc1. The number of hydrogen-bond donors (Lipinski definition) is 1. The van der Waals surface area contributed by atoms with Gasteiger partial charge in [0, 0.05) is 38.8 Å². The standard InChI is InChI=1S/C17H25N3O2/c1-19(12-14-5-4-6-15(14)21)17(22)13-7-8-16(18-11-13)20-9-2-3-10-20/h7-8,11,14-15,21H,2-6,9-10,12H2,1H3. The number of carbonyl (C=O) groups is 1. The van der Waals surface area contributed by atoms with Gasteiger partial charge in [-0.2, -0.15) is 0 Å². The van der Waals surface area contributed by atoms with Crippen LogP contribution in [0, 0.1) is 5.92 Å². The van der Waals surface area contributed by atoms with E-state index in [9.17, 15) is 9.90 Å². The highest BCUT2D eigenvalue weighted by atomic mass is 16.3. The van der Waals surface area contributed by atoms with Gasteiger partial charge in [0.1, 0.15) is 5.82 Å². The van der Waals surface area contributed by atoms with Crippen molar-refractivity contribution in [2.75, 3.05) is 31.6 Å². The molecule has 120 valence electrons. The van der Waals surface area contributed by atoms with Crippen molar-refractivity contribution < 1.29 is 9.90 Å². The fraction of sp³-hybridized carbons (Fsp3) is 0.647. The normalized spacial score (nSPS) is 24.7. The van der Waals surface area contributed by atoms with E-state index in [-0.39, 0.29) is 17.9 Å². The topological polar surface area (TPSA) is 56.7 Å². The lowest BCUT2D eigenvalue weighted by atomic mass is 10.1. The minimum Gasteiger partial charge on any atom is -0.393 e. The molecule has 1 aromatic rings. The highest BCUT2D eigenvalue weighted by molar-refractivity contribution is 5.93. The summed E-state index contributed by atoms with van der Waals surface area (Å²) < 4.78 is 0. The Morgan fingerprint density at radius 1 is 1.32 bits per heavy atom. The van der Waals surface area contributed by atoms with Crippen LogP contribution < -0.4 is 4.90 Å². The smallest absolute Gasteiger partial charge is 0.255 e. The average Bonchev–Trinajstić information content (AvgIpc) is 3.19. The molecule has 1 amide bonds. The van der Waals surface area contributed by atoms with Crippen LogP contribution in [0.4, 0.5) is 5.82 Å². The van der Waals surface area contributed by atoms with Gasteiger partial charge in [0.15, 0.2) is 0 Å². The van der Waals surface area contributed by atoms with Crippen LogP contribution >= 0.6 is 0 Å². The molecular weight excluding hydrogens is 278 g/mol. The Bertz CT molecular complexity index is 511. The molecule has 0 radical (unpaired) electrons. The van der Waals surface area contributed by atoms with E-state index in [0.717, 1.165) is 38.2 Å². The first-order valence-electron chi connectivity index (χ1n) is 8.29. The van der Waals surface area contributed by atoms with E-state index in [1.807, 2.05) is 19.2 Å². The predicted molar refractivity (Wildman–Crippen MR) is 86.0 cm³/mol. The number of rotatable bonds is 4. The van der Waals surface area contributed by atoms with Gasteiger partial charge >= 0.3 is 0 Å². The van der Waals surface area contributed by atoms with Crippen molar-refractivity contribution in [1.29, 1.82) is 0 Å². The van der Waals surface area contributed by atoms with Crippen LogP contribution in [0.2, 0.25) is 0 Å². The summed E-state index contributed by atoms with van der Waals surface area (Å²) in [7, 11) is 1.81. The molecule has 5 heteroatoms. The molecule has 3 rings (SSSR count). The van der Waals surface area contributed by atoms with Crippen molar-refractivity contribution in [2.24, 2.45) is 5.92 Å². The first-order chi connectivity index (χ1) is 10.6. The first kappa shape index (κ1) is 15.3. The van der Waals surface area contributed by atoms with Crippen LogP contribution in [-0.4, -0.2) is 53.7 Å². The van der Waals surface area contributed by atoms with Crippen LogP contribution in [0.1, 0.15) is 42.5 Å². The van der Waals surface area contributed by atoms with E-state index in [4.69, 9.17) is 0 Å². The average molecular weight is 303 g/mol. The minimum absolute atomic E-state index is 0.0143. The summed E-state index contributed by atoms with van der Waals surface area (Å²) in [4.78, 5) is 20.9. The second-order valence-electron chi connectivity index (χ2n) is 6.54. The Kier molecular flexibility index (Phi) is 4.62. The predicted octanol–water partition coefficient (Wildman–Crippen LogP) is 1.91. The zero-order valence-corrected chi connectivity index (χ0v) is 13.2. The molecule has 1 aliphatic heterocycles. The van der Waals surface area contributed by atoms with Gasteiger partial charge in [0.2, 0.25) is 0 Å². The minimum atomic E-state index is -0.258. The third-order valence-electron chi connectivity index (χ3n) is 4.90. The van der Waals surface area contributed by atoms with Crippen molar-refractivity contribution in [3.63, 3.8) is 0 Å². The number of anilines is 1. The number of hydrogen-bond acceptors (Lipinski definition) is 4. The summed E-state index contributed by atoms with van der Waals surface area (Å²) >= 11 is 0. The lowest BCUT2D eigenvalue weighted by molar-refractivity contribution is 0.0693. The molecule has 0 aromatic carbocycles. The summed E-state index contributed by atoms with van der Waals surface area (Å²) in [5.74, 6) is 1.16. The fourth-order valence-corrected chi connectivity index (χ4v) is 3.53. The van der Waals surface area contributed by atoms with Crippen molar-refractivity contribution >= 4 is 11.7 Å². The van der Waals surface area contributed by atoms with Crippen LogP contribution in [-0.2, 0) is 0 Å². The number of amides is 1. The molecular formula is C17H25N3O2. The van der Waals surface area contributed by atoms with Crippen molar-refractivity contribution in [2.45, 2.75) is 38.2 Å². The lowest BCUT2D eigenvalue weighted by Crippen LogP contribution is -2.34. The molecule has 1 aliphatic carbocycles. The van der Waals surface area contributed by atoms with Gasteiger partial charge in [0.05, 0.1) is 11.7 Å². The van der Waals surface area contributed by atoms with Crippen LogP contribution in [0.5, 0.6) is 0 Å². The zero-order chi connectivity index (χ0) is 15.5. The Balaban J connectivity index is 1.61. The summed E-state index contributed by atoms with van der Waals surface area (Å²) in [5.41, 5.74) is 0.623. The molecule has 5 nitrogen and oxygen atoms in total. The molecule has 2 unspecified atom stereocenters. The third kappa shape index (κ3) is 3.24. The maximum absolute atomic E-state index is 12.5. The lowest BCUT2D eigenvalue weighted by Gasteiger charge is -2.23.